The molecule has 24 heavy (non-hydrogen) atoms. The van der Waals surface area contributed by atoms with Gasteiger partial charge in [0, 0.05) is 11.1 Å². The summed E-state index contributed by atoms with van der Waals surface area (Å²) in [5.74, 6) is -0.151. The molecule has 0 radical (unpaired) electrons. The van der Waals surface area contributed by atoms with E-state index in [0.717, 1.165) is 11.3 Å². The first-order chi connectivity index (χ1) is 11.1. The molecule has 1 aromatic carbocycles. The SMILES string of the molecule is CCS(=O)(=O)c1nc(S(=O)(=O)c2ccc(Cl)cc2)c(NC(C)C)s1. The molecule has 1 N–H and O–H groups in total. The zero-order valence-electron chi connectivity index (χ0n) is 13.3. The van der Waals surface area contributed by atoms with Crippen molar-refractivity contribution in [2.24, 2.45) is 0 Å². The van der Waals surface area contributed by atoms with Gasteiger partial charge in [-0.3, -0.25) is 0 Å². The number of aromatic nitrogens is 1. The first-order valence-corrected chi connectivity index (χ1v) is 11.4. The summed E-state index contributed by atoms with van der Waals surface area (Å²) in [6.45, 7) is 5.14. The fourth-order valence-electron chi connectivity index (χ4n) is 1.80. The lowest BCUT2D eigenvalue weighted by Gasteiger charge is -2.09. The molecule has 132 valence electrons. The summed E-state index contributed by atoms with van der Waals surface area (Å²) in [7, 11) is -7.57. The molecule has 2 aromatic rings. The highest BCUT2D eigenvalue weighted by atomic mass is 35.5. The predicted molar refractivity (Wildman–Crippen MR) is 95.5 cm³/mol. The van der Waals surface area contributed by atoms with Crippen molar-refractivity contribution in [2.45, 2.75) is 41.1 Å². The van der Waals surface area contributed by atoms with E-state index in [1.807, 2.05) is 13.8 Å². The van der Waals surface area contributed by atoms with E-state index in [-0.39, 0.29) is 31.1 Å². The maximum atomic E-state index is 12.8. The van der Waals surface area contributed by atoms with Crippen molar-refractivity contribution in [3.05, 3.63) is 29.3 Å². The van der Waals surface area contributed by atoms with E-state index >= 15 is 0 Å². The number of rotatable bonds is 6. The Balaban J connectivity index is 2.65. The maximum Gasteiger partial charge on any atom is 0.226 e. The topological polar surface area (TPSA) is 93.2 Å². The second kappa shape index (κ2) is 6.99. The monoisotopic (exact) mass is 408 g/mol. The standard InChI is InChI=1S/C14H17ClN2O4S3/c1-4-23(18,19)14-17-13(12(22-14)16-9(2)3)24(20,21)11-7-5-10(15)6-8-11/h5-9,16H,4H2,1-3H3. The van der Waals surface area contributed by atoms with Crippen LogP contribution in [0.3, 0.4) is 0 Å². The molecule has 6 nitrogen and oxygen atoms in total. The van der Waals surface area contributed by atoms with Gasteiger partial charge >= 0.3 is 0 Å². The van der Waals surface area contributed by atoms with Crippen LogP contribution in [-0.4, -0.2) is 33.6 Å². The van der Waals surface area contributed by atoms with Crippen LogP contribution in [0, 0.1) is 0 Å². The van der Waals surface area contributed by atoms with Gasteiger partial charge in [0.05, 0.1) is 10.6 Å². The number of thiazole rings is 1. The molecule has 1 heterocycles. The van der Waals surface area contributed by atoms with E-state index < -0.39 is 19.7 Å². The Bertz CT molecular complexity index is 933. The molecule has 0 aliphatic carbocycles. The first kappa shape index (κ1) is 19.2. The molecule has 0 bridgehead atoms. The number of nitrogens with one attached hydrogen (secondary N) is 1. The first-order valence-electron chi connectivity index (χ1n) is 7.08. The van der Waals surface area contributed by atoms with E-state index in [4.69, 9.17) is 11.6 Å². The van der Waals surface area contributed by atoms with E-state index in [1.165, 1.54) is 31.2 Å². The zero-order valence-corrected chi connectivity index (χ0v) is 16.5. The lowest BCUT2D eigenvalue weighted by Crippen LogP contribution is -2.12. The second-order valence-electron chi connectivity index (χ2n) is 5.27. The lowest BCUT2D eigenvalue weighted by molar-refractivity contribution is 0.590. The Morgan fingerprint density at radius 2 is 1.75 bits per heavy atom. The third-order valence-corrected chi connectivity index (χ3v) is 8.28. The largest absolute Gasteiger partial charge is 0.372 e. The van der Waals surface area contributed by atoms with Crippen LogP contribution in [-0.2, 0) is 19.7 Å². The van der Waals surface area contributed by atoms with Gasteiger partial charge in [0.2, 0.25) is 24.0 Å². The number of benzene rings is 1. The van der Waals surface area contributed by atoms with Gasteiger partial charge in [0.15, 0.2) is 5.03 Å². The van der Waals surface area contributed by atoms with Crippen LogP contribution in [0.5, 0.6) is 0 Å². The van der Waals surface area contributed by atoms with Crippen LogP contribution in [0.4, 0.5) is 5.00 Å². The predicted octanol–water partition coefficient (Wildman–Crippen LogP) is 3.24. The highest BCUT2D eigenvalue weighted by molar-refractivity contribution is 7.94. The second-order valence-corrected chi connectivity index (χ2v) is 11.0. The Kier molecular flexibility index (Phi) is 5.58. The van der Waals surface area contributed by atoms with Crippen LogP contribution in [0.1, 0.15) is 20.8 Å². The van der Waals surface area contributed by atoms with Gasteiger partial charge in [-0.2, -0.15) is 0 Å². The maximum absolute atomic E-state index is 12.8. The van der Waals surface area contributed by atoms with Crippen molar-refractivity contribution < 1.29 is 16.8 Å². The Labute approximate surface area is 150 Å². The molecule has 0 atom stereocenters. The minimum Gasteiger partial charge on any atom is -0.372 e. The smallest absolute Gasteiger partial charge is 0.226 e. The Morgan fingerprint density at radius 3 is 2.25 bits per heavy atom. The molecule has 0 spiro atoms. The van der Waals surface area contributed by atoms with Gasteiger partial charge in [-0.1, -0.05) is 29.9 Å². The minimum absolute atomic E-state index is 0.00412. The molecule has 0 saturated carbocycles. The molecule has 0 saturated heterocycles. The molecule has 0 fully saturated rings. The molecular weight excluding hydrogens is 392 g/mol. The molecule has 1 aromatic heterocycles. The quantitative estimate of drug-likeness (QED) is 0.788. The number of hydrogen-bond acceptors (Lipinski definition) is 7. The number of nitrogens with zero attached hydrogens (tertiary/aromatic N) is 1. The van der Waals surface area contributed by atoms with Crippen molar-refractivity contribution in [1.82, 2.24) is 4.98 Å². The van der Waals surface area contributed by atoms with Gasteiger partial charge in [0.1, 0.15) is 5.00 Å². The molecule has 10 heteroatoms. The van der Waals surface area contributed by atoms with Crippen LogP contribution in [0.15, 0.2) is 38.5 Å². The zero-order chi connectivity index (χ0) is 18.1. The number of hydrogen-bond donors (Lipinski definition) is 1. The van der Waals surface area contributed by atoms with E-state index in [1.54, 1.807) is 0 Å². The van der Waals surface area contributed by atoms with Gasteiger partial charge in [-0.15, -0.1) is 0 Å². The van der Waals surface area contributed by atoms with Crippen LogP contribution in [0.25, 0.3) is 0 Å². The summed E-state index contributed by atoms with van der Waals surface area (Å²) in [5, 5.41) is 3.30. The van der Waals surface area contributed by atoms with Gasteiger partial charge in [-0.05, 0) is 38.1 Å². The third-order valence-electron chi connectivity index (χ3n) is 3.02. The minimum atomic E-state index is -3.97. The van der Waals surface area contributed by atoms with E-state index in [2.05, 4.69) is 10.3 Å². The lowest BCUT2D eigenvalue weighted by atomic mass is 10.4. The normalized spacial score (nSPS) is 12.5. The molecule has 2 rings (SSSR count). The van der Waals surface area contributed by atoms with Gasteiger partial charge < -0.3 is 5.32 Å². The molecule has 0 unspecified atom stereocenters. The Hall–Kier alpha value is -1.16. The van der Waals surface area contributed by atoms with Crippen LogP contribution < -0.4 is 5.32 Å². The highest BCUT2D eigenvalue weighted by Crippen LogP contribution is 2.35. The summed E-state index contributed by atoms with van der Waals surface area (Å²) in [6, 6.07) is 5.57. The molecule has 0 aliphatic heterocycles. The van der Waals surface area contributed by atoms with Gasteiger partial charge in [0.25, 0.3) is 0 Å². The summed E-state index contributed by atoms with van der Waals surface area (Å²) in [4.78, 5) is 3.93. The molecular formula is C14H17ClN2O4S3. The number of halogens is 1. The third kappa shape index (κ3) is 3.90. The average Bonchev–Trinajstić information content (AvgIpc) is 2.92. The fourth-order valence-corrected chi connectivity index (χ4v) is 6.06. The summed E-state index contributed by atoms with van der Waals surface area (Å²) >= 11 is 6.62. The van der Waals surface area contributed by atoms with Crippen molar-refractivity contribution in [2.75, 3.05) is 11.1 Å². The summed E-state index contributed by atoms with van der Waals surface area (Å²) in [5.41, 5.74) is 0. The molecule has 0 aliphatic rings. The van der Waals surface area contributed by atoms with Crippen LogP contribution in [0.2, 0.25) is 5.02 Å². The highest BCUT2D eigenvalue weighted by Gasteiger charge is 2.30. The summed E-state index contributed by atoms with van der Waals surface area (Å²) in [6.07, 6.45) is 0. The van der Waals surface area contributed by atoms with Gasteiger partial charge in [-0.25, -0.2) is 21.8 Å². The summed E-state index contributed by atoms with van der Waals surface area (Å²) < 4.78 is 49.6. The number of sulfone groups is 2. The molecule has 0 amide bonds. The van der Waals surface area contributed by atoms with Crippen molar-refractivity contribution >= 4 is 47.6 Å². The average molecular weight is 409 g/mol. The van der Waals surface area contributed by atoms with E-state index in [9.17, 15) is 16.8 Å². The fraction of sp³-hybridized carbons (Fsp3) is 0.357. The van der Waals surface area contributed by atoms with E-state index in [0.29, 0.717) is 5.02 Å². The number of anilines is 1. The Morgan fingerprint density at radius 1 is 1.17 bits per heavy atom. The van der Waals surface area contributed by atoms with Crippen molar-refractivity contribution in [1.29, 1.82) is 0 Å². The van der Waals surface area contributed by atoms with Crippen molar-refractivity contribution in [3.63, 3.8) is 0 Å². The van der Waals surface area contributed by atoms with Crippen molar-refractivity contribution in [3.8, 4) is 0 Å². The van der Waals surface area contributed by atoms with Crippen LogP contribution >= 0.6 is 22.9 Å².